The maximum atomic E-state index is 11.2. The fraction of sp³-hybridized carbons (Fsp3) is 0.533. The first-order chi connectivity index (χ1) is 8.20. The van der Waals surface area contributed by atoms with Gasteiger partial charge in [0.15, 0.2) is 0 Å². The molecule has 2 rings (SSSR count). The standard InChI is InChI=1S/C15H20O2/c1-12(17)15(9-5-2-6-10-15)14-8-4-3-7-13(14)11-16/h3-4,7-8,11-12,17H,2,5-6,9-10H2,1H3. The Balaban J connectivity index is 2.48. The Bertz CT molecular complexity index is 390. The monoisotopic (exact) mass is 232 g/mol. The zero-order valence-electron chi connectivity index (χ0n) is 10.4. The Kier molecular flexibility index (Phi) is 3.63. The number of carbonyl (C=O) groups excluding carboxylic acids is 1. The molecule has 0 amide bonds. The third-order valence-corrected chi connectivity index (χ3v) is 4.17. The van der Waals surface area contributed by atoms with Crippen molar-refractivity contribution in [2.45, 2.75) is 50.5 Å². The van der Waals surface area contributed by atoms with E-state index < -0.39 is 6.10 Å². The number of carbonyl (C=O) groups is 1. The maximum Gasteiger partial charge on any atom is 0.150 e. The van der Waals surface area contributed by atoms with Crippen molar-refractivity contribution in [2.75, 3.05) is 0 Å². The van der Waals surface area contributed by atoms with Crippen LogP contribution in [0.1, 0.15) is 54.9 Å². The molecule has 0 spiro atoms. The SMILES string of the molecule is CC(O)C1(c2ccccc2C=O)CCCCC1. The summed E-state index contributed by atoms with van der Waals surface area (Å²) in [7, 11) is 0. The van der Waals surface area contributed by atoms with Crippen LogP contribution >= 0.6 is 0 Å². The summed E-state index contributed by atoms with van der Waals surface area (Å²) >= 11 is 0. The lowest BCUT2D eigenvalue weighted by atomic mass is 9.65. The van der Waals surface area contributed by atoms with Crippen LogP contribution in [-0.2, 0) is 5.41 Å². The van der Waals surface area contributed by atoms with E-state index in [0.29, 0.717) is 0 Å². The molecule has 0 bridgehead atoms. The van der Waals surface area contributed by atoms with Crippen molar-refractivity contribution < 1.29 is 9.90 Å². The minimum atomic E-state index is -0.399. The zero-order chi connectivity index (χ0) is 12.3. The molecule has 1 N–H and O–H groups in total. The number of benzene rings is 1. The predicted molar refractivity (Wildman–Crippen MR) is 68.3 cm³/mol. The first-order valence-electron chi connectivity index (χ1n) is 6.43. The molecule has 0 radical (unpaired) electrons. The maximum absolute atomic E-state index is 11.2. The van der Waals surface area contributed by atoms with Crippen molar-refractivity contribution in [1.82, 2.24) is 0 Å². The summed E-state index contributed by atoms with van der Waals surface area (Å²) in [5.41, 5.74) is 1.55. The zero-order valence-corrected chi connectivity index (χ0v) is 10.4. The number of aliphatic hydroxyl groups excluding tert-OH is 1. The van der Waals surface area contributed by atoms with Crippen LogP contribution in [0.2, 0.25) is 0 Å². The molecule has 1 atom stereocenters. The molecule has 1 aliphatic rings. The van der Waals surface area contributed by atoms with Gasteiger partial charge in [0, 0.05) is 11.0 Å². The van der Waals surface area contributed by atoms with Gasteiger partial charge < -0.3 is 5.11 Å². The van der Waals surface area contributed by atoms with Gasteiger partial charge >= 0.3 is 0 Å². The third-order valence-electron chi connectivity index (χ3n) is 4.17. The normalized spacial score (nSPS) is 20.8. The Labute approximate surface area is 103 Å². The molecule has 92 valence electrons. The fourth-order valence-corrected chi connectivity index (χ4v) is 3.15. The highest BCUT2D eigenvalue weighted by atomic mass is 16.3. The third kappa shape index (κ3) is 2.14. The van der Waals surface area contributed by atoms with Gasteiger partial charge in [-0.1, -0.05) is 43.5 Å². The molecule has 0 heterocycles. The van der Waals surface area contributed by atoms with Crippen LogP contribution in [0.4, 0.5) is 0 Å². The molecule has 1 aromatic carbocycles. The molecule has 17 heavy (non-hydrogen) atoms. The lowest BCUT2D eigenvalue weighted by Gasteiger charge is -2.41. The second-order valence-corrected chi connectivity index (χ2v) is 5.10. The number of hydrogen-bond acceptors (Lipinski definition) is 2. The molecule has 1 aliphatic carbocycles. The van der Waals surface area contributed by atoms with E-state index in [2.05, 4.69) is 0 Å². The van der Waals surface area contributed by atoms with Gasteiger partial charge in [0.2, 0.25) is 0 Å². The topological polar surface area (TPSA) is 37.3 Å². The second-order valence-electron chi connectivity index (χ2n) is 5.10. The molecular weight excluding hydrogens is 212 g/mol. The highest BCUT2D eigenvalue weighted by Crippen LogP contribution is 2.43. The molecule has 1 unspecified atom stereocenters. The van der Waals surface area contributed by atoms with Crippen LogP contribution < -0.4 is 0 Å². The molecule has 1 saturated carbocycles. The Morgan fingerprint density at radius 1 is 1.24 bits per heavy atom. The highest BCUT2D eigenvalue weighted by molar-refractivity contribution is 5.78. The number of rotatable bonds is 3. The molecule has 2 nitrogen and oxygen atoms in total. The van der Waals surface area contributed by atoms with Crippen molar-refractivity contribution in [3.63, 3.8) is 0 Å². The minimum Gasteiger partial charge on any atom is -0.392 e. The van der Waals surface area contributed by atoms with Gasteiger partial charge in [-0.15, -0.1) is 0 Å². The summed E-state index contributed by atoms with van der Waals surface area (Å²) in [6.07, 6.45) is 5.98. The van der Waals surface area contributed by atoms with Gasteiger partial charge in [0.25, 0.3) is 0 Å². The van der Waals surface area contributed by atoms with E-state index in [1.54, 1.807) is 0 Å². The highest BCUT2D eigenvalue weighted by Gasteiger charge is 2.39. The van der Waals surface area contributed by atoms with Crippen LogP contribution in [0.5, 0.6) is 0 Å². The molecule has 0 aromatic heterocycles. The molecule has 0 aliphatic heterocycles. The van der Waals surface area contributed by atoms with E-state index >= 15 is 0 Å². The fourth-order valence-electron chi connectivity index (χ4n) is 3.15. The van der Waals surface area contributed by atoms with Crippen molar-refractivity contribution in [2.24, 2.45) is 0 Å². The summed E-state index contributed by atoms with van der Waals surface area (Å²) in [6, 6.07) is 7.69. The van der Waals surface area contributed by atoms with Gasteiger partial charge in [-0.05, 0) is 25.3 Å². The number of aliphatic hydroxyl groups is 1. The average molecular weight is 232 g/mol. The first kappa shape index (κ1) is 12.3. The number of aldehydes is 1. The molecule has 1 aromatic rings. The van der Waals surface area contributed by atoms with Gasteiger partial charge in [-0.25, -0.2) is 0 Å². The van der Waals surface area contributed by atoms with E-state index in [1.165, 1.54) is 6.42 Å². The van der Waals surface area contributed by atoms with Crippen LogP contribution in [0.15, 0.2) is 24.3 Å². The largest absolute Gasteiger partial charge is 0.392 e. The number of hydrogen-bond donors (Lipinski definition) is 1. The molecular formula is C15H20O2. The molecule has 1 fully saturated rings. The predicted octanol–water partition coefficient (Wildman–Crippen LogP) is 3.08. The Morgan fingerprint density at radius 2 is 1.88 bits per heavy atom. The smallest absolute Gasteiger partial charge is 0.150 e. The van der Waals surface area contributed by atoms with E-state index in [-0.39, 0.29) is 5.41 Å². The van der Waals surface area contributed by atoms with Gasteiger partial charge in [0.1, 0.15) is 6.29 Å². The summed E-state index contributed by atoms with van der Waals surface area (Å²) in [5.74, 6) is 0. The van der Waals surface area contributed by atoms with Gasteiger partial charge in [-0.2, -0.15) is 0 Å². The summed E-state index contributed by atoms with van der Waals surface area (Å²) in [5, 5.41) is 10.2. The van der Waals surface area contributed by atoms with Gasteiger partial charge in [0.05, 0.1) is 6.10 Å². The lowest BCUT2D eigenvalue weighted by Crippen LogP contribution is -2.40. The molecule has 0 saturated heterocycles. The van der Waals surface area contributed by atoms with Crippen molar-refractivity contribution in [3.8, 4) is 0 Å². The van der Waals surface area contributed by atoms with Crippen molar-refractivity contribution in [3.05, 3.63) is 35.4 Å². The Hall–Kier alpha value is -1.15. The summed E-state index contributed by atoms with van der Waals surface area (Å²) < 4.78 is 0. The summed E-state index contributed by atoms with van der Waals surface area (Å²) in [4.78, 5) is 11.2. The second kappa shape index (κ2) is 5.01. The molecule has 2 heteroatoms. The van der Waals surface area contributed by atoms with Gasteiger partial charge in [-0.3, -0.25) is 4.79 Å². The minimum absolute atomic E-state index is 0.213. The van der Waals surface area contributed by atoms with Crippen LogP contribution in [0.25, 0.3) is 0 Å². The quantitative estimate of drug-likeness (QED) is 0.813. The Morgan fingerprint density at radius 3 is 2.47 bits per heavy atom. The van der Waals surface area contributed by atoms with Crippen molar-refractivity contribution >= 4 is 6.29 Å². The lowest BCUT2D eigenvalue weighted by molar-refractivity contribution is 0.0679. The van der Waals surface area contributed by atoms with Crippen LogP contribution in [-0.4, -0.2) is 17.5 Å². The first-order valence-corrected chi connectivity index (χ1v) is 6.43. The van der Waals surface area contributed by atoms with E-state index in [4.69, 9.17) is 0 Å². The van der Waals surface area contributed by atoms with E-state index in [0.717, 1.165) is 43.1 Å². The summed E-state index contributed by atoms with van der Waals surface area (Å²) in [6.45, 7) is 1.85. The van der Waals surface area contributed by atoms with Crippen molar-refractivity contribution in [1.29, 1.82) is 0 Å². The van der Waals surface area contributed by atoms with E-state index in [1.807, 2.05) is 31.2 Å². The van der Waals surface area contributed by atoms with Crippen LogP contribution in [0.3, 0.4) is 0 Å². The van der Waals surface area contributed by atoms with Crippen LogP contribution in [0, 0.1) is 0 Å². The van der Waals surface area contributed by atoms with E-state index in [9.17, 15) is 9.90 Å². The average Bonchev–Trinajstić information content (AvgIpc) is 2.39.